The molecule has 0 saturated carbocycles. The topological polar surface area (TPSA) is 90.6 Å². The Labute approximate surface area is 135 Å². The average Bonchev–Trinajstić information content (AvgIpc) is 3.19. The summed E-state index contributed by atoms with van der Waals surface area (Å²) in [6.45, 7) is 0.145. The van der Waals surface area contributed by atoms with Gasteiger partial charge in [0, 0.05) is 5.56 Å². The first-order valence-corrected chi connectivity index (χ1v) is 7.24. The minimum atomic E-state index is -0.941. The zero-order valence-corrected chi connectivity index (χ0v) is 12.6. The second-order valence-electron chi connectivity index (χ2n) is 5.11. The van der Waals surface area contributed by atoms with E-state index in [9.17, 15) is 14.3 Å². The van der Waals surface area contributed by atoms with Gasteiger partial charge in [-0.2, -0.15) is 4.68 Å². The van der Waals surface area contributed by atoms with E-state index in [-0.39, 0.29) is 25.6 Å². The third-order valence-corrected chi connectivity index (χ3v) is 3.22. The summed E-state index contributed by atoms with van der Waals surface area (Å²) < 4.78 is 29.3. The highest BCUT2D eigenvalue weighted by Crippen LogP contribution is 2.15. The molecule has 1 atom stereocenters. The smallest absolute Gasteiger partial charge is 0.437 e. The largest absolute Gasteiger partial charge is 0.467 e. The molecule has 0 aliphatic rings. The Morgan fingerprint density at radius 3 is 2.79 bits per heavy atom. The average molecular weight is 334 g/mol. The Hall–Kier alpha value is -2.71. The van der Waals surface area contributed by atoms with E-state index in [0.717, 1.165) is 4.68 Å². The highest BCUT2D eigenvalue weighted by molar-refractivity contribution is 5.51. The molecular formula is C16H15FN2O5. The van der Waals surface area contributed by atoms with Crippen LogP contribution in [0.15, 0.2) is 56.3 Å². The first kappa shape index (κ1) is 16.2. The Kier molecular flexibility index (Phi) is 4.88. The molecule has 126 valence electrons. The summed E-state index contributed by atoms with van der Waals surface area (Å²) in [7, 11) is 0. The Balaban J connectivity index is 1.58. The summed E-state index contributed by atoms with van der Waals surface area (Å²) in [5, 5.41) is 13.9. The summed E-state index contributed by atoms with van der Waals surface area (Å²) in [4.78, 5) is 11.8. The molecule has 7 nitrogen and oxygen atoms in total. The van der Waals surface area contributed by atoms with Gasteiger partial charge in [-0.15, -0.1) is 5.10 Å². The maximum Gasteiger partial charge on any atom is 0.437 e. The molecule has 3 aromatic rings. The van der Waals surface area contributed by atoms with E-state index < -0.39 is 17.7 Å². The fourth-order valence-electron chi connectivity index (χ4n) is 2.07. The first-order valence-electron chi connectivity index (χ1n) is 7.24. The van der Waals surface area contributed by atoms with E-state index in [1.807, 2.05) is 0 Å². The third-order valence-electron chi connectivity index (χ3n) is 3.22. The van der Waals surface area contributed by atoms with Gasteiger partial charge in [0.1, 0.15) is 18.2 Å². The molecule has 0 aliphatic carbocycles. The third kappa shape index (κ3) is 3.98. The first-order chi connectivity index (χ1) is 11.6. The Morgan fingerprint density at radius 1 is 1.29 bits per heavy atom. The second kappa shape index (κ2) is 7.24. The number of benzene rings is 1. The number of aromatic nitrogens is 2. The highest BCUT2D eigenvalue weighted by Gasteiger charge is 2.14. The van der Waals surface area contributed by atoms with Crippen molar-refractivity contribution in [2.45, 2.75) is 19.3 Å². The van der Waals surface area contributed by atoms with Crippen molar-refractivity contribution in [1.82, 2.24) is 9.78 Å². The van der Waals surface area contributed by atoms with Crippen LogP contribution in [0.3, 0.4) is 0 Å². The number of ether oxygens (including phenoxy) is 1. The standard InChI is InChI=1S/C16H15FN2O5/c17-12-5-3-11(4-6-12)15-18-19(16(21)24-15)8-13(20)9-22-10-14-2-1-7-23-14/h1-7,13,20H,8-10H2. The number of hydrogen-bond acceptors (Lipinski definition) is 6. The quantitative estimate of drug-likeness (QED) is 0.709. The minimum absolute atomic E-state index is 0.00583. The van der Waals surface area contributed by atoms with Crippen LogP contribution < -0.4 is 5.76 Å². The lowest BCUT2D eigenvalue weighted by atomic mass is 10.2. The molecule has 1 N–H and O–H groups in total. The molecule has 1 unspecified atom stereocenters. The van der Waals surface area contributed by atoms with Crippen LogP contribution in [0.2, 0.25) is 0 Å². The molecule has 0 fully saturated rings. The molecule has 0 saturated heterocycles. The van der Waals surface area contributed by atoms with Crippen molar-refractivity contribution in [2.24, 2.45) is 0 Å². The van der Waals surface area contributed by atoms with Crippen molar-refractivity contribution in [1.29, 1.82) is 0 Å². The van der Waals surface area contributed by atoms with Crippen molar-refractivity contribution < 1.29 is 23.1 Å². The zero-order valence-electron chi connectivity index (χ0n) is 12.6. The molecule has 0 spiro atoms. The van der Waals surface area contributed by atoms with Crippen LogP contribution in [0.1, 0.15) is 5.76 Å². The van der Waals surface area contributed by atoms with Gasteiger partial charge in [-0.25, -0.2) is 9.18 Å². The number of nitrogens with zero attached hydrogens (tertiary/aromatic N) is 2. The van der Waals surface area contributed by atoms with Gasteiger partial charge >= 0.3 is 5.76 Å². The van der Waals surface area contributed by atoms with Gasteiger partial charge in [0.15, 0.2) is 0 Å². The summed E-state index contributed by atoms with van der Waals surface area (Å²) in [5.41, 5.74) is 0.468. The molecule has 8 heteroatoms. The van der Waals surface area contributed by atoms with Crippen LogP contribution in [-0.2, 0) is 17.9 Å². The maximum absolute atomic E-state index is 12.9. The van der Waals surface area contributed by atoms with Crippen molar-refractivity contribution in [3.05, 3.63) is 64.8 Å². The van der Waals surface area contributed by atoms with E-state index in [1.165, 1.54) is 30.5 Å². The molecule has 0 radical (unpaired) electrons. The van der Waals surface area contributed by atoms with Gasteiger partial charge in [0.05, 0.1) is 25.5 Å². The van der Waals surface area contributed by atoms with Gasteiger partial charge in [0.25, 0.3) is 0 Å². The van der Waals surface area contributed by atoms with Crippen LogP contribution in [0.25, 0.3) is 11.5 Å². The molecule has 1 aromatic carbocycles. The van der Waals surface area contributed by atoms with Gasteiger partial charge < -0.3 is 18.7 Å². The van der Waals surface area contributed by atoms with E-state index in [1.54, 1.807) is 12.1 Å². The van der Waals surface area contributed by atoms with Crippen LogP contribution in [0.4, 0.5) is 4.39 Å². The van der Waals surface area contributed by atoms with Crippen molar-refractivity contribution in [3.8, 4) is 11.5 Å². The molecule has 0 amide bonds. The van der Waals surface area contributed by atoms with Crippen LogP contribution >= 0.6 is 0 Å². The molecule has 24 heavy (non-hydrogen) atoms. The second-order valence-corrected chi connectivity index (χ2v) is 5.11. The zero-order chi connectivity index (χ0) is 16.9. The normalized spacial score (nSPS) is 12.4. The van der Waals surface area contributed by atoms with Crippen LogP contribution in [0.5, 0.6) is 0 Å². The van der Waals surface area contributed by atoms with Crippen molar-refractivity contribution in [2.75, 3.05) is 6.61 Å². The number of halogens is 1. The van der Waals surface area contributed by atoms with E-state index >= 15 is 0 Å². The highest BCUT2D eigenvalue weighted by atomic mass is 19.1. The lowest BCUT2D eigenvalue weighted by Crippen LogP contribution is -2.27. The monoisotopic (exact) mass is 334 g/mol. The molecule has 0 bridgehead atoms. The molecular weight excluding hydrogens is 319 g/mol. The predicted molar refractivity (Wildman–Crippen MR) is 80.5 cm³/mol. The van der Waals surface area contributed by atoms with Crippen LogP contribution in [-0.4, -0.2) is 27.6 Å². The summed E-state index contributed by atoms with van der Waals surface area (Å²) >= 11 is 0. The van der Waals surface area contributed by atoms with Gasteiger partial charge in [-0.05, 0) is 36.4 Å². The summed E-state index contributed by atoms with van der Waals surface area (Å²) in [6.07, 6.45) is 0.588. The molecule has 2 aromatic heterocycles. The fraction of sp³-hybridized carbons (Fsp3) is 0.250. The Morgan fingerprint density at radius 2 is 2.08 bits per heavy atom. The summed E-state index contributed by atoms with van der Waals surface area (Å²) in [5.74, 6) is -0.410. The molecule has 2 heterocycles. The number of furan rings is 1. The molecule has 0 aliphatic heterocycles. The molecule has 3 rings (SSSR count). The number of aliphatic hydroxyl groups is 1. The van der Waals surface area contributed by atoms with Gasteiger partial charge in [-0.1, -0.05) is 0 Å². The van der Waals surface area contributed by atoms with Gasteiger partial charge in [0.2, 0.25) is 5.89 Å². The minimum Gasteiger partial charge on any atom is -0.467 e. The lowest BCUT2D eigenvalue weighted by Gasteiger charge is -2.09. The maximum atomic E-state index is 12.9. The van der Waals surface area contributed by atoms with E-state index in [2.05, 4.69) is 5.10 Å². The van der Waals surface area contributed by atoms with E-state index in [0.29, 0.717) is 11.3 Å². The van der Waals surface area contributed by atoms with Gasteiger partial charge in [-0.3, -0.25) is 0 Å². The van der Waals surface area contributed by atoms with E-state index in [4.69, 9.17) is 13.6 Å². The number of rotatable bonds is 7. The van der Waals surface area contributed by atoms with Crippen LogP contribution in [0, 0.1) is 5.82 Å². The fourth-order valence-corrected chi connectivity index (χ4v) is 2.07. The van der Waals surface area contributed by atoms with Crippen molar-refractivity contribution in [3.63, 3.8) is 0 Å². The summed E-state index contributed by atoms with van der Waals surface area (Å²) in [6, 6.07) is 8.88. The lowest BCUT2D eigenvalue weighted by molar-refractivity contribution is 0.0123. The predicted octanol–water partition coefficient (Wildman–Crippen LogP) is 1.81. The number of hydrogen-bond donors (Lipinski definition) is 1. The number of aliphatic hydroxyl groups excluding tert-OH is 1. The Bertz CT molecular complexity index is 823. The van der Waals surface area contributed by atoms with Crippen molar-refractivity contribution >= 4 is 0 Å². The SMILES string of the molecule is O=c1oc(-c2ccc(F)cc2)nn1CC(O)COCc1ccco1.